The molecule has 0 radical (unpaired) electrons. The van der Waals surface area contributed by atoms with E-state index >= 15 is 0 Å². The molecule has 3 aromatic rings. The number of pyridine rings is 2. The number of anilines is 1. The molecule has 0 spiro atoms. The molecule has 1 atom stereocenters. The number of carbonyl (C=O) groups excluding carboxylic acids is 2. The van der Waals surface area contributed by atoms with Gasteiger partial charge in [0.15, 0.2) is 10.8 Å². The van der Waals surface area contributed by atoms with Crippen molar-refractivity contribution < 1.29 is 32.2 Å². The molecule has 2 aliphatic rings. The van der Waals surface area contributed by atoms with E-state index in [2.05, 4.69) is 27.3 Å². The Labute approximate surface area is 298 Å². The summed E-state index contributed by atoms with van der Waals surface area (Å²) in [6.07, 6.45) is 6.34. The van der Waals surface area contributed by atoms with Crippen molar-refractivity contribution in [3.63, 3.8) is 0 Å². The van der Waals surface area contributed by atoms with Gasteiger partial charge in [-0.1, -0.05) is 24.6 Å². The van der Waals surface area contributed by atoms with Gasteiger partial charge in [0.05, 0.1) is 31.4 Å². The van der Waals surface area contributed by atoms with Crippen LogP contribution in [0, 0.1) is 5.41 Å². The van der Waals surface area contributed by atoms with Crippen LogP contribution >= 0.6 is 11.6 Å². The van der Waals surface area contributed by atoms with Crippen molar-refractivity contribution in [3.05, 3.63) is 53.3 Å². The minimum absolute atomic E-state index is 0.136. The maximum atomic E-state index is 13.1. The molecule has 1 aliphatic heterocycles. The molecule has 0 bridgehead atoms. The van der Waals surface area contributed by atoms with Gasteiger partial charge in [-0.3, -0.25) is 4.79 Å². The number of hydrogen-bond donors (Lipinski definition) is 2. The van der Waals surface area contributed by atoms with Crippen molar-refractivity contribution in [2.24, 2.45) is 5.41 Å². The van der Waals surface area contributed by atoms with E-state index in [1.165, 1.54) is 41.8 Å². The van der Waals surface area contributed by atoms with Gasteiger partial charge in [-0.05, 0) is 96.4 Å². The lowest BCUT2D eigenvalue weighted by Crippen LogP contribution is -2.45. The minimum atomic E-state index is -4.36. The topological polar surface area (TPSA) is 167 Å². The summed E-state index contributed by atoms with van der Waals surface area (Å²) in [4.78, 5) is 35.7. The maximum absolute atomic E-state index is 13.1. The number of halogens is 1. The maximum Gasteiger partial charge on any atom is 0.410 e. The third kappa shape index (κ3) is 9.85. The molecule has 2 N–H and O–H groups in total. The van der Waals surface area contributed by atoms with Crippen LogP contribution in [0.3, 0.4) is 0 Å². The van der Waals surface area contributed by atoms with Crippen LogP contribution in [-0.2, 0) is 19.5 Å². The molecule has 272 valence electrons. The van der Waals surface area contributed by atoms with E-state index in [0.717, 1.165) is 12.8 Å². The van der Waals surface area contributed by atoms with E-state index < -0.39 is 27.1 Å². The SMILES string of the molecule is CC1(CCCOc2ccn(-c3ccc(C(=O)NS(=O)(=O)c4cccc(NCCOC5CN(C(=O)OC(C)(C)C)C(C)(C)C5)n4)c(Cl)n3)n2)CC1. The zero-order chi connectivity index (χ0) is 36.3. The van der Waals surface area contributed by atoms with Crippen LogP contribution in [0.4, 0.5) is 10.6 Å². The molecule has 4 heterocycles. The van der Waals surface area contributed by atoms with Crippen LogP contribution in [0.15, 0.2) is 47.6 Å². The summed E-state index contributed by atoms with van der Waals surface area (Å²) in [6, 6.07) is 8.97. The number of carbonyl (C=O) groups is 2. The third-order valence-corrected chi connectivity index (χ3v) is 10.1. The number of rotatable bonds is 14. The Balaban J connectivity index is 1.10. The highest BCUT2D eigenvalue weighted by Crippen LogP contribution is 2.48. The summed E-state index contributed by atoms with van der Waals surface area (Å²) in [6.45, 7) is 13.3. The molecule has 5 rings (SSSR count). The fourth-order valence-corrected chi connectivity index (χ4v) is 6.77. The van der Waals surface area contributed by atoms with Crippen molar-refractivity contribution in [1.82, 2.24) is 29.4 Å². The smallest absolute Gasteiger partial charge is 0.410 e. The summed E-state index contributed by atoms with van der Waals surface area (Å²) in [5.74, 6) is 0.0837. The number of sulfonamides is 1. The number of amides is 2. The predicted octanol–water partition coefficient (Wildman–Crippen LogP) is 5.61. The molecule has 1 unspecified atom stereocenters. The Morgan fingerprint density at radius 2 is 1.82 bits per heavy atom. The largest absolute Gasteiger partial charge is 0.477 e. The molecule has 14 nitrogen and oxygen atoms in total. The fraction of sp³-hybridized carbons (Fsp3) is 0.559. The standard InChI is InChI=1S/C34H46ClN7O7S/c1-32(2,3)49-31(44)41-22-23(21-33(41,4)5)47-20-17-36-25-9-7-10-28(37-25)50(45,46)40-30(43)24-11-12-26(38-29(24)35)42-18-13-27(39-42)48-19-8-14-34(6)15-16-34/h7,9-13,18,23H,8,14-17,19-22H2,1-6H3,(H,36,37)(H,40,43). The predicted molar refractivity (Wildman–Crippen MR) is 187 cm³/mol. The second kappa shape index (κ2) is 14.7. The van der Waals surface area contributed by atoms with Crippen LogP contribution in [-0.4, -0.2) is 88.6 Å². The summed E-state index contributed by atoms with van der Waals surface area (Å²) in [7, 11) is -4.36. The highest BCUT2D eigenvalue weighted by atomic mass is 35.5. The zero-order valence-corrected chi connectivity index (χ0v) is 30.9. The average Bonchev–Trinajstić information content (AvgIpc) is 3.42. The van der Waals surface area contributed by atoms with E-state index in [-0.39, 0.29) is 40.4 Å². The lowest BCUT2D eigenvalue weighted by molar-refractivity contribution is 0.0105. The van der Waals surface area contributed by atoms with Gasteiger partial charge in [-0.25, -0.2) is 24.2 Å². The number of likely N-dealkylation sites (tertiary alicyclic amines) is 1. The Morgan fingerprint density at radius 3 is 2.52 bits per heavy atom. The molecular formula is C34H46ClN7O7S. The molecule has 0 aromatic carbocycles. The van der Waals surface area contributed by atoms with Gasteiger partial charge in [-0.15, -0.1) is 5.10 Å². The van der Waals surface area contributed by atoms with Crippen molar-refractivity contribution in [2.45, 2.75) is 95.9 Å². The summed E-state index contributed by atoms with van der Waals surface area (Å²) in [5, 5.41) is 6.84. The van der Waals surface area contributed by atoms with E-state index in [4.69, 9.17) is 25.8 Å². The van der Waals surface area contributed by atoms with Crippen LogP contribution in [0.1, 0.15) is 84.0 Å². The Kier molecular flexibility index (Phi) is 11.0. The minimum Gasteiger partial charge on any atom is -0.477 e. The molecule has 3 aromatic heterocycles. The number of aromatic nitrogens is 4. The van der Waals surface area contributed by atoms with Crippen molar-refractivity contribution in [1.29, 1.82) is 0 Å². The van der Waals surface area contributed by atoms with Crippen molar-refractivity contribution in [2.75, 3.05) is 31.6 Å². The number of nitrogens with one attached hydrogen (secondary N) is 2. The highest BCUT2D eigenvalue weighted by molar-refractivity contribution is 7.90. The van der Waals surface area contributed by atoms with E-state index in [1.807, 2.05) is 39.3 Å². The first-order valence-corrected chi connectivity index (χ1v) is 18.5. The van der Waals surface area contributed by atoms with Gasteiger partial charge in [0.2, 0.25) is 5.88 Å². The Morgan fingerprint density at radius 1 is 1.06 bits per heavy atom. The lowest BCUT2D eigenvalue weighted by Gasteiger charge is -2.33. The Bertz CT molecular complexity index is 1800. The van der Waals surface area contributed by atoms with E-state index in [0.29, 0.717) is 43.2 Å². The molecule has 1 saturated heterocycles. The van der Waals surface area contributed by atoms with E-state index in [9.17, 15) is 18.0 Å². The van der Waals surface area contributed by atoms with Gasteiger partial charge >= 0.3 is 6.09 Å². The quantitative estimate of drug-likeness (QED) is 0.156. The van der Waals surface area contributed by atoms with Gasteiger partial charge in [0, 0.05) is 24.3 Å². The second-order valence-electron chi connectivity index (χ2n) is 14.7. The van der Waals surface area contributed by atoms with Gasteiger partial charge < -0.3 is 24.4 Å². The molecule has 16 heteroatoms. The normalized spacial score (nSPS) is 18.1. The van der Waals surface area contributed by atoms with Gasteiger partial charge in [0.25, 0.3) is 15.9 Å². The van der Waals surface area contributed by atoms with Crippen LogP contribution in [0.2, 0.25) is 5.15 Å². The van der Waals surface area contributed by atoms with Gasteiger partial charge in [0.1, 0.15) is 16.6 Å². The lowest BCUT2D eigenvalue weighted by atomic mass is 10.0. The number of hydrogen-bond acceptors (Lipinski definition) is 11. The first kappa shape index (κ1) is 37.3. The first-order valence-electron chi connectivity index (χ1n) is 16.7. The summed E-state index contributed by atoms with van der Waals surface area (Å²) < 4.78 is 47.0. The monoisotopic (exact) mass is 731 g/mol. The van der Waals surface area contributed by atoms with E-state index in [1.54, 1.807) is 23.2 Å². The van der Waals surface area contributed by atoms with Crippen LogP contribution < -0.4 is 14.8 Å². The second-order valence-corrected chi connectivity index (χ2v) is 16.7. The third-order valence-electron chi connectivity index (χ3n) is 8.60. The van der Waals surface area contributed by atoms with Crippen LogP contribution in [0.5, 0.6) is 5.88 Å². The molecule has 2 fully saturated rings. The fourth-order valence-electron chi connectivity index (χ4n) is 5.60. The zero-order valence-electron chi connectivity index (χ0n) is 29.4. The molecule has 1 aliphatic carbocycles. The van der Waals surface area contributed by atoms with Crippen molar-refractivity contribution >= 4 is 39.4 Å². The van der Waals surface area contributed by atoms with Gasteiger partial charge in [-0.2, -0.15) is 8.42 Å². The van der Waals surface area contributed by atoms with Crippen LogP contribution in [0.25, 0.3) is 5.82 Å². The summed E-state index contributed by atoms with van der Waals surface area (Å²) >= 11 is 6.31. The molecular weight excluding hydrogens is 686 g/mol. The molecule has 2 amide bonds. The Hall–Kier alpha value is -3.95. The number of ether oxygens (including phenoxy) is 3. The molecule has 1 saturated carbocycles. The summed E-state index contributed by atoms with van der Waals surface area (Å²) in [5.41, 5.74) is -0.694. The average molecular weight is 732 g/mol. The van der Waals surface area contributed by atoms with Crippen molar-refractivity contribution in [3.8, 4) is 11.7 Å². The number of nitrogens with zero attached hydrogens (tertiary/aromatic N) is 5. The highest BCUT2D eigenvalue weighted by Gasteiger charge is 2.43. The first-order chi connectivity index (χ1) is 23.4. The molecule has 50 heavy (non-hydrogen) atoms.